The molecule has 10 heteroatoms. The van der Waals surface area contributed by atoms with Gasteiger partial charge in [-0.2, -0.15) is 5.10 Å². The van der Waals surface area contributed by atoms with Crippen molar-refractivity contribution in [2.45, 2.75) is 46.7 Å². The second kappa shape index (κ2) is 10.3. The molecular formula is C26H29FN6O3. The summed E-state index contributed by atoms with van der Waals surface area (Å²) >= 11 is 0. The highest BCUT2D eigenvalue weighted by atomic mass is 19.1. The van der Waals surface area contributed by atoms with Gasteiger partial charge in [-0.05, 0) is 29.2 Å². The van der Waals surface area contributed by atoms with E-state index in [-0.39, 0.29) is 24.0 Å². The van der Waals surface area contributed by atoms with Gasteiger partial charge in [0.25, 0.3) is 5.91 Å². The number of halogens is 1. The van der Waals surface area contributed by atoms with Crippen molar-refractivity contribution >= 4 is 22.7 Å². The van der Waals surface area contributed by atoms with Gasteiger partial charge >= 0.3 is 0 Å². The highest BCUT2D eigenvalue weighted by Crippen LogP contribution is 2.23. The summed E-state index contributed by atoms with van der Waals surface area (Å²) in [4.78, 5) is 26.4. The molecule has 0 aliphatic heterocycles. The molecule has 4 aromatic rings. The molecule has 0 radical (unpaired) electrons. The maximum Gasteiger partial charge on any atom is 0.273 e. The smallest absolute Gasteiger partial charge is 0.273 e. The second-order valence-corrected chi connectivity index (χ2v) is 9.68. The Bertz CT molecular complexity index is 1370. The number of carbonyl (C=O) groups excluding carboxylic acids is 2. The minimum Gasteiger partial charge on any atom is -0.426 e. The van der Waals surface area contributed by atoms with Crippen LogP contribution in [0.3, 0.4) is 0 Å². The first-order chi connectivity index (χ1) is 17.1. The lowest BCUT2D eigenvalue weighted by Gasteiger charge is -2.30. The van der Waals surface area contributed by atoms with Crippen molar-refractivity contribution < 1.29 is 18.4 Å². The molecular weight excluding hydrogens is 463 g/mol. The lowest BCUT2D eigenvalue weighted by molar-refractivity contribution is -0.125. The molecule has 0 saturated heterocycles. The first kappa shape index (κ1) is 25.0. The molecule has 0 aliphatic carbocycles. The van der Waals surface area contributed by atoms with Gasteiger partial charge in [-0.3, -0.25) is 14.3 Å². The fourth-order valence-corrected chi connectivity index (χ4v) is 3.89. The lowest BCUT2D eigenvalue weighted by atomic mass is 9.86. The third kappa shape index (κ3) is 5.76. The average Bonchev–Trinajstić information content (AvgIpc) is 3.41. The van der Waals surface area contributed by atoms with E-state index in [1.54, 1.807) is 23.7 Å². The molecule has 1 unspecified atom stereocenters. The zero-order valence-corrected chi connectivity index (χ0v) is 20.7. The Morgan fingerprint density at radius 2 is 1.81 bits per heavy atom. The van der Waals surface area contributed by atoms with Gasteiger partial charge in [-0.1, -0.05) is 51.1 Å². The summed E-state index contributed by atoms with van der Waals surface area (Å²) in [5.41, 5.74) is 1.27. The molecule has 0 saturated carbocycles. The molecule has 1 atom stereocenters. The highest BCUT2D eigenvalue weighted by Gasteiger charge is 2.34. The summed E-state index contributed by atoms with van der Waals surface area (Å²) in [5.74, 6) is -0.193. The first-order valence-corrected chi connectivity index (χ1v) is 11.7. The molecule has 0 bridgehead atoms. The number of carbonyl (C=O) groups is 2. The number of nitrogens with one attached hydrogen (secondary N) is 2. The summed E-state index contributed by atoms with van der Waals surface area (Å²) in [6, 6.07) is 12.7. The van der Waals surface area contributed by atoms with Crippen molar-refractivity contribution in [1.82, 2.24) is 30.6 Å². The predicted octanol–water partition coefficient (Wildman–Crippen LogP) is 3.42. The minimum atomic E-state index is -0.810. The maximum absolute atomic E-state index is 13.4. The van der Waals surface area contributed by atoms with Gasteiger partial charge in [0.05, 0.1) is 12.1 Å². The van der Waals surface area contributed by atoms with Crippen LogP contribution in [0.1, 0.15) is 48.6 Å². The van der Waals surface area contributed by atoms with Crippen molar-refractivity contribution in [2.24, 2.45) is 5.41 Å². The first-order valence-electron chi connectivity index (χ1n) is 11.7. The summed E-state index contributed by atoms with van der Waals surface area (Å²) in [6.45, 7) is 7.99. The minimum absolute atomic E-state index is 0.219. The molecule has 2 N–H and O–H groups in total. The Balaban J connectivity index is 1.52. The summed E-state index contributed by atoms with van der Waals surface area (Å²) in [7, 11) is 0. The van der Waals surface area contributed by atoms with Gasteiger partial charge in [0.1, 0.15) is 11.9 Å². The quantitative estimate of drug-likeness (QED) is 0.390. The highest BCUT2D eigenvalue weighted by molar-refractivity contribution is 6.06. The second-order valence-electron chi connectivity index (χ2n) is 9.68. The largest absolute Gasteiger partial charge is 0.426 e. The molecule has 9 nitrogen and oxygen atoms in total. The Kier molecular flexibility index (Phi) is 7.14. The van der Waals surface area contributed by atoms with Crippen molar-refractivity contribution in [2.75, 3.05) is 6.54 Å². The van der Waals surface area contributed by atoms with Gasteiger partial charge in [0.15, 0.2) is 5.69 Å². The zero-order chi connectivity index (χ0) is 25.9. The topological polar surface area (TPSA) is 115 Å². The Hall–Kier alpha value is -4.08. The Morgan fingerprint density at radius 3 is 2.47 bits per heavy atom. The van der Waals surface area contributed by atoms with Crippen LogP contribution in [0, 0.1) is 18.2 Å². The molecule has 0 fully saturated rings. The van der Waals surface area contributed by atoms with Gasteiger partial charge in [0, 0.05) is 25.3 Å². The van der Waals surface area contributed by atoms with Crippen LogP contribution in [0.25, 0.3) is 10.9 Å². The molecule has 36 heavy (non-hydrogen) atoms. The predicted molar refractivity (Wildman–Crippen MR) is 132 cm³/mol. The fourth-order valence-electron chi connectivity index (χ4n) is 3.89. The molecule has 2 aromatic carbocycles. The molecule has 0 aliphatic rings. The molecule has 188 valence electrons. The average molecular weight is 493 g/mol. The molecule has 2 amide bonds. The molecule has 0 spiro atoms. The van der Waals surface area contributed by atoms with E-state index in [0.29, 0.717) is 30.1 Å². The van der Waals surface area contributed by atoms with Crippen molar-refractivity contribution in [1.29, 1.82) is 0 Å². The van der Waals surface area contributed by atoms with E-state index in [2.05, 4.69) is 25.9 Å². The zero-order valence-electron chi connectivity index (χ0n) is 20.7. The van der Waals surface area contributed by atoms with Crippen LogP contribution in [0.5, 0.6) is 0 Å². The van der Waals surface area contributed by atoms with Gasteiger partial charge in [-0.15, -0.1) is 10.2 Å². The normalized spacial score (nSPS) is 12.5. The van der Waals surface area contributed by atoms with Crippen molar-refractivity contribution in [3.8, 4) is 0 Å². The fraction of sp³-hybridized carbons (Fsp3) is 0.346. The van der Waals surface area contributed by atoms with Gasteiger partial charge < -0.3 is 15.1 Å². The number of aryl methyl sites for hydroxylation is 1. The van der Waals surface area contributed by atoms with E-state index in [9.17, 15) is 14.0 Å². The number of fused-ring (bicyclic) bond motifs is 1. The van der Waals surface area contributed by atoms with Crippen LogP contribution < -0.4 is 10.6 Å². The third-order valence-corrected chi connectivity index (χ3v) is 5.73. The number of nitrogens with zero attached hydrogens (tertiary/aromatic N) is 4. The summed E-state index contributed by atoms with van der Waals surface area (Å²) < 4.78 is 20.4. The van der Waals surface area contributed by atoms with E-state index in [1.165, 1.54) is 12.1 Å². The van der Waals surface area contributed by atoms with Crippen molar-refractivity contribution in [3.05, 3.63) is 77.4 Å². The standard InChI is InChI=1S/C26H29FN6O3/c1-16-30-31-21(36-16)13-14-28-25(35)23(26(2,3)4)29-24(34)22-19-7-5-6-8-20(19)33(32-22)15-17-9-11-18(27)12-10-17/h5-12,23H,13-15H2,1-4H3,(H,28,35)(H,29,34). The van der Waals surface area contributed by atoms with Crippen LogP contribution in [0.4, 0.5) is 4.39 Å². The summed E-state index contributed by atoms with van der Waals surface area (Å²) in [5, 5.41) is 18.6. The van der Waals surface area contributed by atoms with Crippen molar-refractivity contribution in [3.63, 3.8) is 0 Å². The van der Waals surface area contributed by atoms with E-state index < -0.39 is 17.4 Å². The van der Waals surface area contributed by atoms with Crippen LogP contribution in [0.2, 0.25) is 0 Å². The number of amides is 2. The van der Waals surface area contributed by atoms with E-state index in [0.717, 1.165) is 11.1 Å². The Labute approximate surface area is 208 Å². The van der Waals surface area contributed by atoms with Crippen LogP contribution >= 0.6 is 0 Å². The molecule has 2 heterocycles. The summed E-state index contributed by atoms with van der Waals surface area (Å²) in [6.07, 6.45) is 0.385. The molecule has 2 aromatic heterocycles. The monoisotopic (exact) mass is 492 g/mol. The molecule has 4 rings (SSSR count). The van der Waals surface area contributed by atoms with Crippen LogP contribution in [-0.2, 0) is 17.8 Å². The van der Waals surface area contributed by atoms with Gasteiger partial charge in [-0.25, -0.2) is 4.39 Å². The van der Waals surface area contributed by atoms with E-state index in [4.69, 9.17) is 4.42 Å². The SMILES string of the molecule is Cc1nnc(CCNC(=O)C(NC(=O)c2nn(Cc3ccc(F)cc3)c3ccccc23)C(C)(C)C)o1. The number of aromatic nitrogens is 4. The third-order valence-electron chi connectivity index (χ3n) is 5.73. The number of hydrogen-bond acceptors (Lipinski definition) is 6. The van der Waals surface area contributed by atoms with E-state index in [1.807, 2.05) is 45.0 Å². The maximum atomic E-state index is 13.4. The Morgan fingerprint density at radius 1 is 1.08 bits per heavy atom. The number of benzene rings is 2. The number of rotatable bonds is 8. The van der Waals surface area contributed by atoms with Gasteiger partial charge in [0.2, 0.25) is 17.7 Å². The van der Waals surface area contributed by atoms with E-state index >= 15 is 0 Å². The lowest BCUT2D eigenvalue weighted by Crippen LogP contribution is -2.54. The van der Waals surface area contributed by atoms with Crippen LogP contribution in [0.15, 0.2) is 52.9 Å². The van der Waals surface area contributed by atoms with Crippen LogP contribution in [-0.4, -0.2) is 44.4 Å². The number of para-hydroxylation sites is 1. The number of hydrogen-bond donors (Lipinski definition) is 2.